The largest absolute Gasteiger partial charge is 0.370 e. The number of imidazole rings is 1. The van der Waals surface area contributed by atoms with Crippen LogP contribution in [0.15, 0.2) is 29.9 Å². The molecule has 1 fully saturated rings. The van der Waals surface area contributed by atoms with Crippen molar-refractivity contribution >= 4 is 52.3 Å². The van der Waals surface area contributed by atoms with Gasteiger partial charge >= 0.3 is 0 Å². The fourth-order valence-electron chi connectivity index (χ4n) is 4.40. The van der Waals surface area contributed by atoms with E-state index in [2.05, 4.69) is 25.9 Å². The highest BCUT2D eigenvalue weighted by molar-refractivity contribution is 7.09. The van der Waals surface area contributed by atoms with Crippen molar-refractivity contribution < 1.29 is 14.4 Å². The van der Waals surface area contributed by atoms with Crippen LogP contribution in [0.25, 0.3) is 5.65 Å². The Labute approximate surface area is 228 Å². The molecule has 6 N–H and O–H groups in total. The van der Waals surface area contributed by atoms with Crippen LogP contribution in [-0.4, -0.2) is 69.1 Å². The summed E-state index contributed by atoms with van der Waals surface area (Å²) in [6, 6.07) is 2.50. The maximum Gasteiger partial charge on any atom is 0.274 e. The van der Waals surface area contributed by atoms with Gasteiger partial charge in [-0.15, -0.1) is 11.3 Å². The lowest BCUT2D eigenvalue weighted by atomic mass is 10.1. The molecule has 0 aromatic carbocycles. The summed E-state index contributed by atoms with van der Waals surface area (Å²) < 4.78 is 1.72. The number of carbonyl (C=O) groups is 3. The third-order valence-corrected chi connectivity index (χ3v) is 7.46. The monoisotopic (exact) mass is 559 g/mol. The van der Waals surface area contributed by atoms with Gasteiger partial charge in [-0.25, -0.2) is 9.97 Å². The normalized spacial score (nSPS) is 15.8. The van der Waals surface area contributed by atoms with E-state index in [0.717, 1.165) is 12.8 Å². The third-order valence-electron chi connectivity index (χ3n) is 6.29. The van der Waals surface area contributed by atoms with Crippen LogP contribution in [0.5, 0.6) is 0 Å². The second kappa shape index (κ2) is 12.2. The van der Waals surface area contributed by atoms with Crippen molar-refractivity contribution in [1.82, 2.24) is 35.2 Å². The van der Waals surface area contributed by atoms with Crippen LogP contribution in [0.3, 0.4) is 0 Å². The first-order valence-corrected chi connectivity index (χ1v) is 13.5. The van der Waals surface area contributed by atoms with Gasteiger partial charge in [0.15, 0.2) is 5.96 Å². The van der Waals surface area contributed by atoms with Gasteiger partial charge in [0.1, 0.15) is 28.1 Å². The number of carbonyl (C=O) groups excluding carboxylic acids is 3. The highest BCUT2D eigenvalue weighted by Gasteiger charge is 2.34. The molecule has 4 rings (SSSR count). The SMILES string of the molecule is CNC(=O)C(CCCCNC(=N)N)NC(=O)c1csc([C@H]2CCCN2C(=O)c2cn3cc(Cl)ccc3n2)n1. The summed E-state index contributed by atoms with van der Waals surface area (Å²) in [6.45, 7) is 1.08. The molecule has 12 nitrogen and oxygen atoms in total. The number of hydrogen-bond acceptors (Lipinski definition) is 7. The number of amides is 3. The van der Waals surface area contributed by atoms with Crippen molar-refractivity contribution in [2.75, 3.05) is 20.1 Å². The van der Waals surface area contributed by atoms with Crippen LogP contribution < -0.4 is 21.7 Å². The molecule has 1 saturated heterocycles. The number of fused-ring (bicyclic) bond motifs is 1. The van der Waals surface area contributed by atoms with Gasteiger partial charge in [-0.05, 0) is 44.2 Å². The molecule has 4 heterocycles. The Morgan fingerprint density at radius 1 is 1.24 bits per heavy atom. The zero-order chi connectivity index (χ0) is 27.2. The van der Waals surface area contributed by atoms with E-state index in [9.17, 15) is 14.4 Å². The second-order valence-corrected chi connectivity index (χ2v) is 10.3. The Morgan fingerprint density at radius 2 is 2.05 bits per heavy atom. The molecular weight excluding hydrogens is 530 g/mol. The highest BCUT2D eigenvalue weighted by atomic mass is 35.5. The molecule has 2 atom stereocenters. The smallest absolute Gasteiger partial charge is 0.274 e. The van der Waals surface area contributed by atoms with Crippen molar-refractivity contribution in [3.05, 3.63) is 51.3 Å². The van der Waals surface area contributed by atoms with E-state index in [4.69, 9.17) is 22.7 Å². The van der Waals surface area contributed by atoms with Crippen molar-refractivity contribution in [3.63, 3.8) is 0 Å². The van der Waals surface area contributed by atoms with E-state index in [1.807, 2.05) is 0 Å². The molecule has 1 aliphatic heterocycles. The van der Waals surface area contributed by atoms with Gasteiger partial charge < -0.3 is 31.0 Å². The Kier molecular flexibility index (Phi) is 8.79. The van der Waals surface area contributed by atoms with Crippen LogP contribution >= 0.6 is 22.9 Å². The lowest BCUT2D eigenvalue weighted by Gasteiger charge is -2.22. The molecule has 3 aromatic rings. The number of halogens is 1. The molecule has 14 heteroatoms. The fourth-order valence-corrected chi connectivity index (χ4v) is 5.51. The molecule has 0 saturated carbocycles. The Balaban J connectivity index is 1.41. The molecule has 0 aliphatic carbocycles. The van der Waals surface area contributed by atoms with Crippen molar-refractivity contribution in [2.24, 2.45) is 5.73 Å². The number of guanidine groups is 1. The summed E-state index contributed by atoms with van der Waals surface area (Å²) in [6.07, 6.45) is 6.67. The number of likely N-dealkylation sites (N-methyl/N-ethyl adjacent to an activating group) is 1. The lowest BCUT2D eigenvalue weighted by Crippen LogP contribution is -2.45. The van der Waals surface area contributed by atoms with Crippen LogP contribution in [0, 0.1) is 5.41 Å². The third kappa shape index (κ3) is 6.40. The first-order chi connectivity index (χ1) is 18.3. The highest BCUT2D eigenvalue weighted by Crippen LogP contribution is 2.35. The average molecular weight is 560 g/mol. The maximum absolute atomic E-state index is 13.3. The molecule has 202 valence electrons. The van der Waals surface area contributed by atoms with Crippen molar-refractivity contribution in [2.45, 2.75) is 44.2 Å². The van der Waals surface area contributed by atoms with E-state index >= 15 is 0 Å². The summed E-state index contributed by atoms with van der Waals surface area (Å²) in [7, 11) is 1.52. The van der Waals surface area contributed by atoms with Crippen LogP contribution in [0.1, 0.15) is 64.1 Å². The lowest BCUT2D eigenvalue weighted by molar-refractivity contribution is -0.122. The number of likely N-dealkylation sites (tertiary alicyclic amines) is 1. The number of rotatable bonds is 10. The fraction of sp³-hybridized carbons (Fsp3) is 0.417. The van der Waals surface area contributed by atoms with E-state index in [-0.39, 0.29) is 29.5 Å². The Hall–Kier alpha value is -3.71. The number of aromatic nitrogens is 3. The van der Waals surface area contributed by atoms with Gasteiger partial charge in [-0.3, -0.25) is 19.8 Å². The maximum atomic E-state index is 13.3. The summed E-state index contributed by atoms with van der Waals surface area (Å²) >= 11 is 7.37. The molecule has 1 aliphatic rings. The molecule has 38 heavy (non-hydrogen) atoms. The van der Waals surface area contributed by atoms with Gasteiger partial charge in [0, 0.05) is 37.9 Å². The van der Waals surface area contributed by atoms with Crippen LogP contribution in [0.4, 0.5) is 0 Å². The zero-order valence-electron chi connectivity index (χ0n) is 20.9. The quantitative estimate of drug-likeness (QED) is 0.143. The molecule has 0 spiro atoms. The minimum Gasteiger partial charge on any atom is -0.370 e. The van der Waals surface area contributed by atoms with Crippen LogP contribution in [-0.2, 0) is 4.79 Å². The molecule has 3 aromatic heterocycles. The van der Waals surface area contributed by atoms with E-state index in [0.29, 0.717) is 53.7 Å². The second-order valence-electron chi connectivity index (χ2n) is 8.94. The number of unbranched alkanes of at least 4 members (excludes halogenated alkanes) is 1. The van der Waals surface area contributed by atoms with Gasteiger partial charge in [-0.1, -0.05) is 11.6 Å². The standard InChI is InChI=1S/C24H30ClN9O3S/c1-28-20(35)15(5-2-3-9-29-24(26)27)31-21(36)17-13-38-22(32-17)18-6-4-10-34(18)23(37)16-12-33-11-14(25)7-8-19(33)30-16/h7-8,11-13,15,18H,2-6,9-10H2,1H3,(H,28,35)(H,31,36)(H4,26,27,29)/t15?,18-/m1/s1. The van der Waals surface area contributed by atoms with Gasteiger partial charge in [0.05, 0.1) is 11.1 Å². The zero-order valence-corrected chi connectivity index (χ0v) is 22.4. The summed E-state index contributed by atoms with van der Waals surface area (Å²) in [5.41, 5.74) is 6.43. The molecule has 3 amide bonds. The summed E-state index contributed by atoms with van der Waals surface area (Å²) in [5.74, 6) is -1.05. The molecule has 0 radical (unpaired) electrons. The summed E-state index contributed by atoms with van der Waals surface area (Å²) in [5, 5.41) is 18.1. The van der Waals surface area contributed by atoms with Gasteiger partial charge in [0.2, 0.25) is 5.91 Å². The average Bonchev–Trinajstić information content (AvgIpc) is 3.65. The van der Waals surface area contributed by atoms with Crippen LogP contribution in [0.2, 0.25) is 5.02 Å². The van der Waals surface area contributed by atoms with E-state index in [1.165, 1.54) is 18.4 Å². The molecular formula is C24H30ClN9O3S. The Morgan fingerprint density at radius 3 is 2.82 bits per heavy atom. The molecule has 0 bridgehead atoms. The topological polar surface area (TPSA) is 171 Å². The predicted octanol–water partition coefficient (Wildman–Crippen LogP) is 1.92. The number of nitrogens with zero attached hydrogens (tertiary/aromatic N) is 4. The number of pyridine rings is 1. The first-order valence-electron chi connectivity index (χ1n) is 12.3. The van der Waals surface area contributed by atoms with Crippen molar-refractivity contribution in [1.29, 1.82) is 5.41 Å². The Bertz CT molecular complexity index is 1340. The summed E-state index contributed by atoms with van der Waals surface area (Å²) in [4.78, 5) is 49.3. The number of thiazole rings is 1. The number of nitrogens with one attached hydrogen (secondary N) is 4. The first kappa shape index (κ1) is 27.3. The minimum absolute atomic E-state index is 0.105. The van der Waals surface area contributed by atoms with Gasteiger partial charge in [-0.2, -0.15) is 0 Å². The van der Waals surface area contributed by atoms with E-state index < -0.39 is 11.9 Å². The van der Waals surface area contributed by atoms with Gasteiger partial charge in [0.25, 0.3) is 11.8 Å². The molecule has 1 unspecified atom stereocenters. The predicted molar refractivity (Wildman–Crippen MR) is 144 cm³/mol. The van der Waals surface area contributed by atoms with Crippen molar-refractivity contribution in [3.8, 4) is 0 Å². The number of hydrogen-bond donors (Lipinski definition) is 5. The van der Waals surface area contributed by atoms with E-state index in [1.54, 1.807) is 39.2 Å². The number of nitrogens with two attached hydrogens (primary N) is 1. The minimum atomic E-state index is -0.719.